The average molecular weight is 240 g/mol. The lowest BCUT2D eigenvalue weighted by Gasteiger charge is -2.24. The Labute approximate surface area is 106 Å². The van der Waals surface area contributed by atoms with Gasteiger partial charge in [-0.2, -0.15) is 0 Å². The molecule has 0 aromatic heterocycles. The van der Waals surface area contributed by atoms with Crippen molar-refractivity contribution in [2.24, 2.45) is 17.6 Å². The van der Waals surface area contributed by atoms with Gasteiger partial charge in [-0.25, -0.2) is 0 Å². The molecular formula is C14H28N2O. The van der Waals surface area contributed by atoms with Gasteiger partial charge >= 0.3 is 0 Å². The van der Waals surface area contributed by atoms with Gasteiger partial charge in [-0.3, -0.25) is 4.79 Å². The van der Waals surface area contributed by atoms with E-state index >= 15 is 0 Å². The molecule has 3 nitrogen and oxygen atoms in total. The molecule has 1 amide bonds. The summed E-state index contributed by atoms with van der Waals surface area (Å²) in [7, 11) is 0. The highest BCUT2D eigenvalue weighted by atomic mass is 16.1. The first-order chi connectivity index (χ1) is 8.15. The number of nitrogens with one attached hydrogen (secondary N) is 1. The second-order valence-electron chi connectivity index (χ2n) is 5.55. The van der Waals surface area contributed by atoms with Gasteiger partial charge in [-0.15, -0.1) is 0 Å². The quantitative estimate of drug-likeness (QED) is 0.793. The van der Waals surface area contributed by atoms with Crippen LogP contribution in [0.3, 0.4) is 0 Å². The Bertz CT molecular complexity index is 222. The number of hydrogen-bond acceptors (Lipinski definition) is 2. The monoisotopic (exact) mass is 240 g/mol. The van der Waals surface area contributed by atoms with Crippen molar-refractivity contribution in [2.45, 2.75) is 64.8 Å². The van der Waals surface area contributed by atoms with Crippen LogP contribution in [-0.2, 0) is 4.79 Å². The van der Waals surface area contributed by atoms with Gasteiger partial charge in [-0.1, -0.05) is 39.0 Å². The lowest BCUT2D eigenvalue weighted by Crippen LogP contribution is -2.42. The number of hydrogen-bond donors (Lipinski definition) is 2. The molecule has 0 bridgehead atoms. The molecule has 0 aromatic rings. The van der Waals surface area contributed by atoms with Crippen molar-refractivity contribution < 1.29 is 4.79 Å². The first-order valence-electron chi connectivity index (χ1n) is 7.15. The van der Waals surface area contributed by atoms with Gasteiger partial charge < -0.3 is 11.1 Å². The van der Waals surface area contributed by atoms with Gasteiger partial charge in [0.1, 0.15) is 0 Å². The molecule has 100 valence electrons. The van der Waals surface area contributed by atoms with Crippen LogP contribution in [0, 0.1) is 11.8 Å². The van der Waals surface area contributed by atoms with Crippen LogP contribution in [0.5, 0.6) is 0 Å². The van der Waals surface area contributed by atoms with Gasteiger partial charge in [0.2, 0.25) is 5.91 Å². The molecule has 0 aromatic carbocycles. The predicted octanol–water partition coefficient (Wildman–Crippen LogP) is 2.45. The summed E-state index contributed by atoms with van der Waals surface area (Å²) < 4.78 is 0. The van der Waals surface area contributed by atoms with Crippen molar-refractivity contribution >= 4 is 5.91 Å². The van der Waals surface area contributed by atoms with E-state index in [0.29, 0.717) is 12.5 Å². The summed E-state index contributed by atoms with van der Waals surface area (Å²) in [6, 6.07) is 0.193. The van der Waals surface area contributed by atoms with Gasteiger partial charge in [-0.05, 0) is 32.2 Å². The molecule has 1 aliphatic rings. The largest absolute Gasteiger partial charge is 0.353 e. The summed E-state index contributed by atoms with van der Waals surface area (Å²) in [4.78, 5) is 12.1. The van der Waals surface area contributed by atoms with Gasteiger partial charge in [0.25, 0.3) is 0 Å². The first-order valence-corrected chi connectivity index (χ1v) is 7.15. The highest BCUT2D eigenvalue weighted by Crippen LogP contribution is 2.22. The molecule has 2 unspecified atom stereocenters. The average Bonchev–Trinajstić information content (AvgIpc) is 2.27. The highest BCUT2D eigenvalue weighted by molar-refractivity contribution is 5.78. The third kappa shape index (κ3) is 5.07. The maximum absolute atomic E-state index is 12.1. The number of carbonyl (C=O) groups is 1. The van der Waals surface area contributed by atoms with Crippen molar-refractivity contribution in [1.82, 2.24) is 5.32 Å². The van der Waals surface area contributed by atoms with E-state index in [-0.39, 0.29) is 17.9 Å². The third-order valence-electron chi connectivity index (χ3n) is 4.07. The van der Waals surface area contributed by atoms with Crippen LogP contribution >= 0.6 is 0 Å². The molecule has 1 aliphatic carbocycles. The van der Waals surface area contributed by atoms with Crippen LogP contribution in [0.4, 0.5) is 0 Å². The van der Waals surface area contributed by atoms with E-state index in [4.69, 9.17) is 5.73 Å². The Hall–Kier alpha value is -0.570. The smallest absolute Gasteiger partial charge is 0.223 e. The zero-order chi connectivity index (χ0) is 12.7. The zero-order valence-corrected chi connectivity index (χ0v) is 11.4. The molecular weight excluding hydrogens is 212 g/mol. The normalized spacial score (nSPS) is 22.3. The Morgan fingerprint density at radius 3 is 2.24 bits per heavy atom. The second-order valence-corrected chi connectivity index (χ2v) is 5.55. The molecule has 3 N–H and O–H groups in total. The molecule has 2 atom stereocenters. The summed E-state index contributed by atoms with van der Waals surface area (Å²) in [5, 5.41) is 3.13. The Balaban J connectivity index is 2.38. The summed E-state index contributed by atoms with van der Waals surface area (Å²) in [5.41, 5.74) is 5.62. The van der Waals surface area contributed by atoms with Gasteiger partial charge in [0.05, 0.1) is 0 Å². The van der Waals surface area contributed by atoms with E-state index in [1.165, 1.54) is 32.1 Å². The summed E-state index contributed by atoms with van der Waals surface area (Å²) in [5.74, 6) is 0.843. The van der Waals surface area contributed by atoms with Crippen molar-refractivity contribution in [1.29, 1.82) is 0 Å². The maximum atomic E-state index is 12.1. The summed E-state index contributed by atoms with van der Waals surface area (Å²) in [6.07, 6.45) is 8.47. The fourth-order valence-corrected chi connectivity index (χ4v) is 2.41. The van der Waals surface area contributed by atoms with Gasteiger partial charge in [0.15, 0.2) is 0 Å². The maximum Gasteiger partial charge on any atom is 0.223 e. The van der Waals surface area contributed by atoms with E-state index in [2.05, 4.69) is 19.2 Å². The van der Waals surface area contributed by atoms with Crippen molar-refractivity contribution in [3.63, 3.8) is 0 Å². The van der Waals surface area contributed by atoms with E-state index in [0.717, 1.165) is 12.8 Å². The lowest BCUT2D eigenvalue weighted by molar-refractivity contribution is -0.126. The Morgan fingerprint density at radius 1 is 1.18 bits per heavy atom. The van der Waals surface area contributed by atoms with Crippen molar-refractivity contribution in [2.75, 3.05) is 6.54 Å². The van der Waals surface area contributed by atoms with Gasteiger partial charge in [0, 0.05) is 12.0 Å². The van der Waals surface area contributed by atoms with E-state index in [1.54, 1.807) is 0 Å². The number of carbonyl (C=O) groups excluding carboxylic acids is 1. The topological polar surface area (TPSA) is 55.1 Å². The van der Waals surface area contributed by atoms with E-state index in [1.807, 2.05) is 0 Å². The highest BCUT2D eigenvalue weighted by Gasteiger charge is 2.22. The third-order valence-corrected chi connectivity index (χ3v) is 4.07. The summed E-state index contributed by atoms with van der Waals surface area (Å²) in [6.45, 7) is 4.77. The fraction of sp³-hybridized carbons (Fsp3) is 0.929. The number of rotatable bonds is 4. The molecule has 17 heavy (non-hydrogen) atoms. The van der Waals surface area contributed by atoms with Crippen LogP contribution in [0.25, 0.3) is 0 Å². The minimum atomic E-state index is 0.193. The minimum Gasteiger partial charge on any atom is -0.353 e. The number of nitrogens with two attached hydrogens (primary N) is 1. The molecule has 1 fully saturated rings. The molecule has 1 saturated carbocycles. The molecule has 0 saturated heterocycles. The Morgan fingerprint density at radius 2 is 1.71 bits per heavy atom. The molecule has 0 aliphatic heterocycles. The second kappa shape index (κ2) is 7.70. The molecule has 1 rings (SSSR count). The standard InChI is InChI=1S/C14H28N2O/c1-11(10-15)12(2)16-14(17)13-8-6-4-3-5-7-9-13/h11-13H,3-10,15H2,1-2H3,(H,16,17). The van der Waals surface area contributed by atoms with Crippen LogP contribution in [-0.4, -0.2) is 18.5 Å². The van der Waals surface area contributed by atoms with Crippen LogP contribution < -0.4 is 11.1 Å². The SMILES string of the molecule is CC(CN)C(C)NC(=O)C1CCCCCCC1. The van der Waals surface area contributed by atoms with Crippen molar-refractivity contribution in [3.05, 3.63) is 0 Å². The lowest BCUT2D eigenvalue weighted by atomic mass is 9.90. The fourth-order valence-electron chi connectivity index (χ4n) is 2.41. The predicted molar refractivity (Wildman–Crippen MR) is 71.6 cm³/mol. The molecule has 0 radical (unpaired) electrons. The van der Waals surface area contributed by atoms with Crippen LogP contribution in [0.2, 0.25) is 0 Å². The first kappa shape index (κ1) is 14.5. The number of amides is 1. The minimum absolute atomic E-state index is 0.193. The van der Waals surface area contributed by atoms with Crippen molar-refractivity contribution in [3.8, 4) is 0 Å². The zero-order valence-electron chi connectivity index (χ0n) is 11.4. The molecule has 0 heterocycles. The summed E-state index contributed by atoms with van der Waals surface area (Å²) >= 11 is 0. The van der Waals surface area contributed by atoms with Crippen LogP contribution in [0.1, 0.15) is 58.8 Å². The van der Waals surface area contributed by atoms with Crippen LogP contribution in [0.15, 0.2) is 0 Å². The Kier molecular flexibility index (Phi) is 6.56. The molecule has 3 heteroatoms. The van der Waals surface area contributed by atoms with E-state index in [9.17, 15) is 4.79 Å². The molecule has 0 spiro atoms. The van der Waals surface area contributed by atoms with E-state index < -0.39 is 0 Å².